The van der Waals surface area contributed by atoms with Gasteiger partial charge in [0.15, 0.2) is 0 Å². The van der Waals surface area contributed by atoms with E-state index in [0.29, 0.717) is 17.9 Å². The second-order valence-electron chi connectivity index (χ2n) is 9.58. The van der Waals surface area contributed by atoms with Gasteiger partial charge in [0, 0.05) is 36.8 Å². The molecule has 1 aliphatic carbocycles. The molecule has 0 radical (unpaired) electrons. The molecular formula is C27H35N5O3. The molecule has 0 bridgehead atoms. The van der Waals surface area contributed by atoms with Crippen molar-refractivity contribution in [1.29, 1.82) is 0 Å². The van der Waals surface area contributed by atoms with Gasteiger partial charge in [-0.25, -0.2) is 4.79 Å². The lowest BCUT2D eigenvalue weighted by Gasteiger charge is -2.33. The first-order valence-electron chi connectivity index (χ1n) is 12.6. The summed E-state index contributed by atoms with van der Waals surface area (Å²) in [6.45, 7) is 3.35. The number of hydrogen-bond acceptors (Lipinski definition) is 5. The molecule has 3 N–H and O–H groups in total. The van der Waals surface area contributed by atoms with Gasteiger partial charge in [-0.2, -0.15) is 0 Å². The Morgan fingerprint density at radius 3 is 2.63 bits per heavy atom. The Hall–Kier alpha value is -3.31. The van der Waals surface area contributed by atoms with E-state index < -0.39 is 5.69 Å². The quantitative estimate of drug-likeness (QED) is 0.620. The molecule has 1 aromatic carbocycles. The van der Waals surface area contributed by atoms with Crippen LogP contribution < -0.4 is 27.2 Å². The lowest BCUT2D eigenvalue weighted by molar-refractivity contribution is 0.0927. The van der Waals surface area contributed by atoms with E-state index in [1.165, 1.54) is 17.1 Å². The van der Waals surface area contributed by atoms with Crippen molar-refractivity contribution >= 4 is 11.7 Å². The van der Waals surface area contributed by atoms with Crippen molar-refractivity contribution < 1.29 is 4.79 Å². The molecule has 35 heavy (non-hydrogen) atoms. The molecule has 4 rings (SSSR count). The van der Waals surface area contributed by atoms with Gasteiger partial charge in [0.2, 0.25) is 0 Å². The van der Waals surface area contributed by atoms with Crippen molar-refractivity contribution in [3.05, 3.63) is 62.3 Å². The van der Waals surface area contributed by atoms with Gasteiger partial charge in [-0.1, -0.05) is 37.3 Å². The van der Waals surface area contributed by atoms with Gasteiger partial charge < -0.3 is 16.0 Å². The van der Waals surface area contributed by atoms with E-state index >= 15 is 0 Å². The van der Waals surface area contributed by atoms with Gasteiger partial charge in [0.25, 0.3) is 11.5 Å². The summed E-state index contributed by atoms with van der Waals surface area (Å²) in [5.41, 5.74) is 6.62. The fourth-order valence-corrected chi connectivity index (χ4v) is 5.05. The fraction of sp³-hybridized carbons (Fsp3) is 0.519. The third-order valence-electron chi connectivity index (χ3n) is 6.92. The van der Waals surface area contributed by atoms with Crippen molar-refractivity contribution in [2.45, 2.75) is 77.0 Å². The number of nitrogens with two attached hydrogens (primary N) is 1. The lowest BCUT2D eigenvalue weighted by atomic mass is 9.95. The first-order valence-corrected chi connectivity index (χ1v) is 12.6. The van der Waals surface area contributed by atoms with Crippen LogP contribution in [0.2, 0.25) is 0 Å². The number of aromatic nitrogens is 2. The number of anilines is 1. The van der Waals surface area contributed by atoms with Gasteiger partial charge >= 0.3 is 5.69 Å². The second kappa shape index (κ2) is 11.4. The highest BCUT2D eigenvalue weighted by Gasteiger charge is 2.22. The Bertz CT molecular complexity index is 1230. The van der Waals surface area contributed by atoms with Crippen molar-refractivity contribution in [3.8, 4) is 11.8 Å². The maximum atomic E-state index is 13.4. The summed E-state index contributed by atoms with van der Waals surface area (Å²) in [6, 6.07) is 8.88. The minimum atomic E-state index is -0.411. The fourth-order valence-electron chi connectivity index (χ4n) is 5.05. The lowest BCUT2D eigenvalue weighted by Crippen LogP contribution is -2.48. The second-order valence-corrected chi connectivity index (χ2v) is 9.58. The summed E-state index contributed by atoms with van der Waals surface area (Å²) in [7, 11) is 0. The molecule has 2 heterocycles. The number of nitrogens with one attached hydrogen (secondary N) is 1. The minimum Gasteiger partial charge on any atom is -0.356 e. The van der Waals surface area contributed by atoms with Gasteiger partial charge in [-0.3, -0.25) is 18.7 Å². The maximum Gasteiger partial charge on any atom is 0.333 e. The Kier molecular flexibility index (Phi) is 8.09. The highest BCUT2D eigenvalue weighted by atomic mass is 16.2. The van der Waals surface area contributed by atoms with Crippen LogP contribution in [-0.2, 0) is 13.1 Å². The Morgan fingerprint density at radius 2 is 1.89 bits per heavy atom. The third kappa shape index (κ3) is 6.04. The van der Waals surface area contributed by atoms with Crippen LogP contribution in [0.15, 0.2) is 39.9 Å². The summed E-state index contributed by atoms with van der Waals surface area (Å²) in [4.78, 5) is 41.3. The number of piperidine rings is 1. The molecule has 1 saturated heterocycles. The van der Waals surface area contributed by atoms with Crippen molar-refractivity contribution in [3.63, 3.8) is 0 Å². The normalized spacial score (nSPS) is 18.6. The predicted molar refractivity (Wildman–Crippen MR) is 138 cm³/mol. The molecule has 0 unspecified atom stereocenters. The number of carbonyl (C=O) groups excluding carboxylic acids is 1. The molecular weight excluding hydrogens is 442 g/mol. The van der Waals surface area contributed by atoms with Gasteiger partial charge in [-0.05, 0) is 50.3 Å². The predicted octanol–water partition coefficient (Wildman–Crippen LogP) is 2.07. The number of nitrogens with zero attached hydrogens (tertiary/aromatic N) is 3. The van der Waals surface area contributed by atoms with Crippen molar-refractivity contribution in [2.75, 3.05) is 18.0 Å². The standard InChI is InChI=1S/C27H35N5O3/c1-2-3-15-31-24(30-14-8-11-22(28)19-30)17-25(33)32(27(31)35)18-20-9-7-10-21(16-20)26(34)29-23-12-5-4-6-13-23/h7,9-10,16-17,22-23H,4-6,8,11-15,18-19,28H2,1H3,(H,29,34)/t22-/m1/s1. The van der Waals surface area contributed by atoms with E-state index in [1.54, 1.807) is 29.7 Å². The molecule has 2 aliphatic rings. The molecule has 186 valence electrons. The molecule has 1 aliphatic heterocycles. The monoisotopic (exact) mass is 477 g/mol. The van der Waals surface area contributed by atoms with Crippen LogP contribution in [0.25, 0.3) is 0 Å². The number of carbonyl (C=O) groups is 1. The summed E-state index contributed by atoms with van der Waals surface area (Å²) in [6.07, 6.45) is 7.36. The van der Waals surface area contributed by atoms with Crippen molar-refractivity contribution in [1.82, 2.24) is 14.5 Å². The van der Waals surface area contributed by atoms with Crippen LogP contribution in [0, 0.1) is 11.8 Å². The molecule has 1 atom stereocenters. The molecule has 8 nitrogen and oxygen atoms in total. The number of benzene rings is 1. The Labute approximate surface area is 206 Å². The highest BCUT2D eigenvalue weighted by Crippen LogP contribution is 2.19. The van der Waals surface area contributed by atoms with Gasteiger partial charge in [0.1, 0.15) is 5.82 Å². The van der Waals surface area contributed by atoms with E-state index in [4.69, 9.17) is 5.73 Å². The van der Waals surface area contributed by atoms with Crippen molar-refractivity contribution in [2.24, 2.45) is 5.73 Å². The van der Waals surface area contributed by atoms with Crippen LogP contribution in [0.3, 0.4) is 0 Å². The largest absolute Gasteiger partial charge is 0.356 e. The van der Waals surface area contributed by atoms with Gasteiger partial charge in [-0.15, -0.1) is 5.92 Å². The molecule has 1 saturated carbocycles. The van der Waals surface area contributed by atoms with E-state index in [-0.39, 0.29) is 36.6 Å². The number of rotatable bonds is 6. The average molecular weight is 478 g/mol. The first-order chi connectivity index (χ1) is 17.0. The molecule has 8 heteroatoms. The molecule has 2 aromatic rings. The number of amides is 1. The number of hydrogen-bond donors (Lipinski definition) is 2. The molecule has 1 aromatic heterocycles. The van der Waals surface area contributed by atoms with Crippen LogP contribution in [0.5, 0.6) is 0 Å². The summed E-state index contributed by atoms with van der Waals surface area (Å²) >= 11 is 0. The third-order valence-corrected chi connectivity index (χ3v) is 6.92. The zero-order valence-electron chi connectivity index (χ0n) is 20.5. The molecule has 0 spiro atoms. The highest BCUT2D eigenvalue weighted by molar-refractivity contribution is 5.94. The van der Waals surface area contributed by atoms with Crippen LogP contribution in [0.1, 0.15) is 67.8 Å². The van der Waals surface area contributed by atoms with E-state index in [0.717, 1.165) is 50.6 Å². The summed E-state index contributed by atoms with van der Waals surface area (Å²) in [5, 5.41) is 3.12. The smallest absolute Gasteiger partial charge is 0.333 e. The van der Waals surface area contributed by atoms with Gasteiger partial charge in [0.05, 0.1) is 13.1 Å². The topological polar surface area (TPSA) is 102 Å². The first kappa shape index (κ1) is 24.8. The Balaban J connectivity index is 1.60. The van der Waals surface area contributed by atoms with Crippen LogP contribution in [0.4, 0.5) is 5.82 Å². The minimum absolute atomic E-state index is 0.00879. The zero-order valence-corrected chi connectivity index (χ0v) is 20.5. The summed E-state index contributed by atoms with van der Waals surface area (Å²) < 4.78 is 2.76. The maximum absolute atomic E-state index is 13.4. The molecule has 2 fully saturated rings. The SMILES string of the molecule is CC#CCn1c(N2CCC[C@@H](N)C2)cc(=O)n(Cc2cccc(C(=O)NC3CCCCC3)c2)c1=O. The van der Waals surface area contributed by atoms with Crippen LogP contribution >= 0.6 is 0 Å². The van der Waals surface area contributed by atoms with E-state index in [2.05, 4.69) is 17.2 Å². The Morgan fingerprint density at radius 1 is 1.09 bits per heavy atom. The van der Waals surface area contributed by atoms with Crippen LogP contribution in [-0.4, -0.2) is 40.2 Å². The average Bonchev–Trinajstić information content (AvgIpc) is 2.86. The summed E-state index contributed by atoms with van der Waals surface area (Å²) in [5.74, 6) is 6.24. The van der Waals surface area contributed by atoms with E-state index in [1.807, 2.05) is 11.0 Å². The molecule has 1 amide bonds. The zero-order chi connectivity index (χ0) is 24.8. The van der Waals surface area contributed by atoms with E-state index in [9.17, 15) is 14.4 Å².